The Morgan fingerprint density at radius 1 is 1.07 bits per heavy atom. The second-order valence-electron chi connectivity index (χ2n) is 7.75. The predicted molar refractivity (Wildman–Crippen MR) is 105 cm³/mol. The number of benzene rings is 1. The second-order valence-corrected chi connectivity index (χ2v) is 7.75. The Morgan fingerprint density at radius 3 is 2.56 bits per heavy atom. The third kappa shape index (κ3) is 4.12. The quantitative estimate of drug-likeness (QED) is 0.770. The van der Waals surface area contributed by atoms with Gasteiger partial charge in [0.2, 0.25) is 0 Å². The molecule has 1 aliphatic carbocycles. The van der Waals surface area contributed by atoms with Gasteiger partial charge in [0.25, 0.3) is 0 Å². The van der Waals surface area contributed by atoms with Crippen LogP contribution in [0, 0.1) is 12.8 Å². The summed E-state index contributed by atoms with van der Waals surface area (Å²) in [5.41, 5.74) is 2.56. The van der Waals surface area contributed by atoms with Gasteiger partial charge in [-0.3, -0.25) is 9.78 Å². The van der Waals surface area contributed by atoms with Crippen molar-refractivity contribution in [2.24, 2.45) is 5.92 Å². The van der Waals surface area contributed by atoms with E-state index in [1.54, 1.807) is 18.6 Å². The average molecular weight is 365 g/mol. The number of carbonyl (C=O) groups is 1. The van der Waals surface area contributed by atoms with Gasteiger partial charge in [-0.2, -0.15) is 0 Å². The van der Waals surface area contributed by atoms with Gasteiger partial charge in [-0.05, 0) is 44.6 Å². The number of hydrogen-bond acceptors (Lipinski definition) is 5. The molecule has 0 spiro atoms. The van der Waals surface area contributed by atoms with Crippen LogP contribution in [0.3, 0.4) is 0 Å². The molecule has 2 fully saturated rings. The SMILES string of the molecule is Cc1ccc([C@H]2CCC[C@H]2OC(=O)C2CCN(c3cnccn3)CC2)cc1. The summed E-state index contributed by atoms with van der Waals surface area (Å²) in [5.74, 6) is 1.21. The van der Waals surface area contributed by atoms with E-state index in [0.29, 0.717) is 5.92 Å². The highest BCUT2D eigenvalue weighted by molar-refractivity contribution is 5.73. The van der Waals surface area contributed by atoms with E-state index in [9.17, 15) is 4.79 Å². The second kappa shape index (κ2) is 8.07. The number of ether oxygens (including phenoxy) is 1. The van der Waals surface area contributed by atoms with Crippen molar-refractivity contribution in [3.63, 3.8) is 0 Å². The van der Waals surface area contributed by atoms with E-state index in [-0.39, 0.29) is 18.0 Å². The van der Waals surface area contributed by atoms with Crippen molar-refractivity contribution in [2.45, 2.75) is 51.0 Å². The third-order valence-electron chi connectivity index (χ3n) is 5.93. The number of aromatic nitrogens is 2. The number of piperidine rings is 1. The van der Waals surface area contributed by atoms with Gasteiger partial charge in [0.15, 0.2) is 0 Å². The Balaban J connectivity index is 1.33. The first-order valence-corrected chi connectivity index (χ1v) is 9.99. The first-order valence-electron chi connectivity index (χ1n) is 9.99. The van der Waals surface area contributed by atoms with Gasteiger partial charge in [-0.1, -0.05) is 29.8 Å². The number of carbonyl (C=O) groups excluding carboxylic acids is 1. The normalized spacial score (nSPS) is 23.4. The largest absolute Gasteiger partial charge is 0.462 e. The van der Waals surface area contributed by atoms with Crippen LogP contribution in [0.15, 0.2) is 42.9 Å². The van der Waals surface area contributed by atoms with Crippen LogP contribution >= 0.6 is 0 Å². The topological polar surface area (TPSA) is 55.3 Å². The molecular weight excluding hydrogens is 338 g/mol. The zero-order chi connectivity index (χ0) is 18.6. The maximum atomic E-state index is 12.8. The smallest absolute Gasteiger partial charge is 0.309 e. The lowest BCUT2D eigenvalue weighted by molar-refractivity contribution is -0.155. The molecule has 27 heavy (non-hydrogen) atoms. The molecule has 2 aliphatic rings. The number of aryl methyl sites for hydroxylation is 1. The number of rotatable bonds is 4. The van der Waals surface area contributed by atoms with E-state index >= 15 is 0 Å². The first-order chi connectivity index (χ1) is 13.2. The Hall–Kier alpha value is -2.43. The van der Waals surface area contributed by atoms with Crippen molar-refractivity contribution in [3.8, 4) is 0 Å². The van der Waals surface area contributed by atoms with E-state index < -0.39 is 0 Å². The van der Waals surface area contributed by atoms with Gasteiger partial charge in [0.05, 0.1) is 12.1 Å². The van der Waals surface area contributed by atoms with E-state index in [4.69, 9.17) is 4.74 Å². The lowest BCUT2D eigenvalue weighted by Gasteiger charge is -2.32. The summed E-state index contributed by atoms with van der Waals surface area (Å²) < 4.78 is 6.00. The summed E-state index contributed by atoms with van der Waals surface area (Å²) in [5, 5.41) is 0. The summed E-state index contributed by atoms with van der Waals surface area (Å²) >= 11 is 0. The fourth-order valence-electron chi connectivity index (χ4n) is 4.31. The van der Waals surface area contributed by atoms with Crippen LogP contribution in [-0.4, -0.2) is 35.1 Å². The van der Waals surface area contributed by atoms with Crippen molar-refractivity contribution in [2.75, 3.05) is 18.0 Å². The molecule has 1 aromatic carbocycles. The monoisotopic (exact) mass is 365 g/mol. The molecule has 142 valence electrons. The van der Waals surface area contributed by atoms with E-state index in [1.165, 1.54) is 11.1 Å². The Morgan fingerprint density at radius 2 is 1.85 bits per heavy atom. The van der Waals surface area contributed by atoms with Gasteiger partial charge in [-0.25, -0.2) is 4.98 Å². The maximum absolute atomic E-state index is 12.8. The van der Waals surface area contributed by atoms with Crippen molar-refractivity contribution < 1.29 is 9.53 Å². The molecule has 1 saturated carbocycles. The predicted octanol–water partition coefficient (Wildman–Crippen LogP) is 3.88. The number of nitrogens with zero attached hydrogens (tertiary/aromatic N) is 3. The summed E-state index contributed by atoms with van der Waals surface area (Å²) in [4.78, 5) is 23.4. The Kier molecular flexibility index (Phi) is 5.37. The van der Waals surface area contributed by atoms with Crippen LogP contribution in [0.4, 0.5) is 5.82 Å². The van der Waals surface area contributed by atoms with Crippen LogP contribution in [0.5, 0.6) is 0 Å². The molecule has 1 aliphatic heterocycles. The molecule has 0 unspecified atom stereocenters. The Labute approximate surface area is 160 Å². The maximum Gasteiger partial charge on any atom is 0.309 e. The molecule has 5 nitrogen and oxygen atoms in total. The number of hydrogen-bond donors (Lipinski definition) is 0. The van der Waals surface area contributed by atoms with Gasteiger partial charge in [-0.15, -0.1) is 0 Å². The molecule has 2 atom stereocenters. The number of anilines is 1. The minimum absolute atomic E-state index is 0.00260. The summed E-state index contributed by atoms with van der Waals surface area (Å²) in [6, 6.07) is 8.67. The Bertz CT molecular complexity index is 755. The van der Waals surface area contributed by atoms with E-state index in [2.05, 4.69) is 46.1 Å². The minimum atomic E-state index is -0.0159. The average Bonchev–Trinajstić information content (AvgIpc) is 3.17. The molecule has 0 radical (unpaired) electrons. The van der Waals surface area contributed by atoms with E-state index in [0.717, 1.165) is 51.0 Å². The van der Waals surface area contributed by atoms with Crippen LogP contribution in [0.2, 0.25) is 0 Å². The zero-order valence-corrected chi connectivity index (χ0v) is 15.9. The summed E-state index contributed by atoms with van der Waals surface area (Å²) in [7, 11) is 0. The zero-order valence-electron chi connectivity index (χ0n) is 15.9. The molecule has 1 aromatic heterocycles. The van der Waals surface area contributed by atoms with Crippen molar-refractivity contribution in [3.05, 3.63) is 54.0 Å². The number of esters is 1. The summed E-state index contributed by atoms with van der Waals surface area (Å²) in [6.07, 6.45) is 10.0. The molecule has 0 amide bonds. The van der Waals surface area contributed by atoms with Crippen LogP contribution in [-0.2, 0) is 9.53 Å². The summed E-state index contributed by atoms with van der Waals surface area (Å²) in [6.45, 7) is 3.75. The highest BCUT2D eigenvalue weighted by Crippen LogP contribution is 2.37. The van der Waals surface area contributed by atoms with Crippen molar-refractivity contribution in [1.29, 1.82) is 0 Å². The minimum Gasteiger partial charge on any atom is -0.462 e. The van der Waals surface area contributed by atoms with Crippen LogP contribution in [0.1, 0.15) is 49.1 Å². The van der Waals surface area contributed by atoms with Gasteiger partial charge >= 0.3 is 5.97 Å². The molecule has 0 N–H and O–H groups in total. The molecule has 0 bridgehead atoms. The molecule has 1 saturated heterocycles. The van der Waals surface area contributed by atoms with Crippen LogP contribution < -0.4 is 4.90 Å². The van der Waals surface area contributed by atoms with Crippen molar-refractivity contribution >= 4 is 11.8 Å². The standard InChI is InChI=1S/C22H27N3O2/c1-16-5-7-17(8-6-16)19-3-2-4-20(19)27-22(26)18-9-13-25(14-10-18)21-15-23-11-12-24-21/h5-8,11-12,15,18-20H,2-4,9-10,13-14H2,1H3/t19-,20-/m1/s1. The van der Waals surface area contributed by atoms with Crippen LogP contribution in [0.25, 0.3) is 0 Å². The lowest BCUT2D eigenvalue weighted by Crippen LogP contribution is -2.38. The third-order valence-corrected chi connectivity index (χ3v) is 5.93. The van der Waals surface area contributed by atoms with Gasteiger partial charge < -0.3 is 9.64 Å². The molecule has 2 heterocycles. The fourth-order valence-corrected chi connectivity index (χ4v) is 4.31. The molecule has 2 aromatic rings. The fraction of sp³-hybridized carbons (Fsp3) is 0.500. The van der Waals surface area contributed by atoms with E-state index in [1.807, 2.05) is 0 Å². The van der Waals surface area contributed by atoms with Crippen molar-refractivity contribution in [1.82, 2.24) is 9.97 Å². The highest BCUT2D eigenvalue weighted by atomic mass is 16.5. The lowest BCUT2D eigenvalue weighted by atomic mass is 9.94. The molecular formula is C22H27N3O2. The first kappa shape index (κ1) is 18.0. The molecule has 4 rings (SSSR count). The highest BCUT2D eigenvalue weighted by Gasteiger charge is 2.34. The molecule has 5 heteroatoms. The van der Waals surface area contributed by atoms with Gasteiger partial charge in [0.1, 0.15) is 11.9 Å². The van der Waals surface area contributed by atoms with Gasteiger partial charge in [0, 0.05) is 31.4 Å².